The molecule has 0 rings (SSSR count). The SMILES string of the molecule is CC(C)(C)OC(C=O)CCl. The summed E-state index contributed by atoms with van der Waals surface area (Å²) in [5, 5.41) is 0. The molecule has 0 radical (unpaired) electrons. The van der Waals surface area contributed by atoms with Crippen LogP contribution in [0, 0.1) is 0 Å². The summed E-state index contributed by atoms with van der Waals surface area (Å²) in [6.07, 6.45) is 0.250. The average molecular weight is 165 g/mol. The molecule has 0 aromatic carbocycles. The van der Waals surface area contributed by atoms with Crippen molar-refractivity contribution in [3.63, 3.8) is 0 Å². The molecule has 0 aliphatic heterocycles. The van der Waals surface area contributed by atoms with E-state index in [1.165, 1.54) is 0 Å². The van der Waals surface area contributed by atoms with Crippen molar-refractivity contribution < 1.29 is 9.53 Å². The number of ether oxygens (including phenoxy) is 1. The van der Waals surface area contributed by atoms with Crippen LogP contribution >= 0.6 is 11.6 Å². The van der Waals surface area contributed by atoms with Crippen molar-refractivity contribution >= 4 is 17.9 Å². The van der Waals surface area contributed by atoms with Crippen LogP contribution < -0.4 is 0 Å². The van der Waals surface area contributed by atoms with Crippen molar-refractivity contribution in [1.29, 1.82) is 0 Å². The molecule has 0 aromatic heterocycles. The summed E-state index contributed by atoms with van der Waals surface area (Å²) in [5.41, 5.74) is -0.291. The van der Waals surface area contributed by atoms with Crippen LogP contribution in [0.5, 0.6) is 0 Å². The Bertz CT molecular complexity index is 107. The fourth-order valence-corrected chi connectivity index (χ4v) is 0.686. The average Bonchev–Trinajstić information content (AvgIpc) is 1.81. The number of hydrogen-bond acceptors (Lipinski definition) is 2. The van der Waals surface area contributed by atoms with Gasteiger partial charge in [-0.25, -0.2) is 0 Å². The molecular weight excluding hydrogens is 152 g/mol. The van der Waals surface area contributed by atoms with E-state index in [1.54, 1.807) is 0 Å². The van der Waals surface area contributed by atoms with Crippen LogP contribution in [0.25, 0.3) is 0 Å². The molecule has 3 heteroatoms. The fourth-order valence-electron chi connectivity index (χ4n) is 0.550. The molecule has 60 valence electrons. The minimum atomic E-state index is -0.471. The van der Waals surface area contributed by atoms with Gasteiger partial charge in [-0.1, -0.05) is 0 Å². The molecule has 0 fully saturated rings. The lowest BCUT2D eigenvalue weighted by Crippen LogP contribution is -2.29. The van der Waals surface area contributed by atoms with Crippen molar-refractivity contribution in [2.75, 3.05) is 5.88 Å². The van der Waals surface area contributed by atoms with Gasteiger partial charge in [0.25, 0.3) is 0 Å². The maximum atomic E-state index is 10.2. The van der Waals surface area contributed by atoms with Gasteiger partial charge in [-0.3, -0.25) is 0 Å². The highest BCUT2D eigenvalue weighted by Gasteiger charge is 2.16. The number of hydrogen-bond donors (Lipinski definition) is 0. The standard InChI is InChI=1S/C7H13ClO2/c1-7(2,3)10-6(4-8)5-9/h5-6H,4H2,1-3H3. The predicted molar refractivity (Wildman–Crippen MR) is 41.4 cm³/mol. The first-order chi connectivity index (χ1) is 4.49. The molecule has 1 atom stereocenters. The summed E-state index contributed by atoms with van der Waals surface area (Å²) in [5.74, 6) is 0.223. The van der Waals surface area contributed by atoms with Gasteiger partial charge in [0.1, 0.15) is 12.4 Å². The van der Waals surface area contributed by atoms with Gasteiger partial charge in [-0.05, 0) is 20.8 Å². The van der Waals surface area contributed by atoms with E-state index in [0.717, 1.165) is 6.29 Å². The minimum Gasteiger partial charge on any atom is -0.364 e. The molecule has 0 heterocycles. The summed E-state index contributed by atoms with van der Waals surface area (Å²) in [6.45, 7) is 5.65. The topological polar surface area (TPSA) is 26.3 Å². The maximum absolute atomic E-state index is 10.2. The largest absolute Gasteiger partial charge is 0.364 e. The Kier molecular flexibility index (Phi) is 3.91. The van der Waals surface area contributed by atoms with Crippen LogP contribution in [-0.4, -0.2) is 23.9 Å². The van der Waals surface area contributed by atoms with Gasteiger partial charge in [0.15, 0.2) is 0 Å². The molecule has 0 bridgehead atoms. The Morgan fingerprint density at radius 1 is 1.60 bits per heavy atom. The Morgan fingerprint density at radius 3 is 2.20 bits per heavy atom. The van der Waals surface area contributed by atoms with E-state index in [0.29, 0.717) is 0 Å². The molecule has 0 N–H and O–H groups in total. The highest BCUT2D eigenvalue weighted by Crippen LogP contribution is 2.10. The van der Waals surface area contributed by atoms with Gasteiger partial charge >= 0.3 is 0 Å². The molecule has 0 saturated carbocycles. The third-order valence-corrected chi connectivity index (χ3v) is 1.11. The summed E-state index contributed by atoms with van der Waals surface area (Å²) >= 11 is 5.42. The van der Waals surface area contributed by atoms with Crippen molar-refractivity contribution in [3.05, 3.63) is 0 Å². The third kappa shape index (κ3) is 4.77. The van der Waals surface area contributed by atoms with Crippen molar-refractivity contribution in [1.82, 2.24) is 0 Å². The van der Waals surface area contributed by atoms with Gasteiger partial charge in [-0.15, -0.1) is 11.6 Å². The van der Waals surface area contributed by atoms with Crippen molar-refractivity contribution in [3.8, 4) is 0 Å². The monoisotopic (exact) mass is 164 g/mol. The number of rotatable bonds is 3. The van der Waals surface area contributed by atoms with Crippen LogP contribution in [0.4, 0.5) is 0 Å². The highest BCUT2D eigenvalue weighted by atomic mass is 35.5. The molecule has 1 unspecified atom stereocenters. The first-order valence-electron chi connectivity index (χ1n) is 3.18. The van der Waals surface area contributed by atoms with E-state index in [-0.39, 0.29) is 11.5 Å². The van der Waals surface area contributed by atoms with Gasteiger partial charge in [-0.2, -0.15) is 0 Å². The number of carbonyl (C=O) groups excluding carboxylic acids is 1. The number of halogens is 1. The predicted octanol–water partition coefficient (Wildman–Crippen LogP) is 1.61. The van der Waals surface area contributed by atoms with Crippen LogP contribution in [0.15, 0.2) is 0 Å². The van der Waals surface area contributed by atoms with Gasteiger partial charge in [0, 0.05) is 0 Å². The molecule has 0 aromatic rings. The summed E-state index contributed by atoms with van der Waals surface area (Å²) in [7, 11) is 0. The van der Waals surface area contributed by atoms with E-state index < -0.39 is 6.10 Å². The molecule has 0 aliphatic rings. The summed E-state index contributed by atoms with van der Waals surface area (Å²) in [4.78, 5) is 10.2. The molecular formula is C7H13ClO2. The zero-order chi connectivity index (χ0) is 8.20. The minimum absolute atomic E-state index is 0.223. The van der Waals surface area contributed by atoms with Gasteiger partial charge in [0.2, 0.25) is 0 Å². The first kappa shape index (κ1) is 9.92. The van der Waals surface area contributed by atoms with E-state index in [2.05, 4.69) is 0 Å². The summed E-state index contributed by atoms with van der Waals surface area (Å²) < 4.78 is 5.24. The second-order valence-corrected chi connectivity index (χ2v) is 3.37. The fraction of sp³-hybridized carbons (Fsp3) is 0.857. The molecule has 2 nitrogen and oxygen atoms in total. The lowest BCUT2D eigenvalue weighted by atomic mass is 10.2. The number of alkyl halides is 1. The normalized spacial score (nSPS) is 14.8. The smallest absolute Gasteiger partial charge is 0.150 e. The second kappa shape index (κ2) is 3.94. The van der Waals surface area contributed by atoms with E-state index in [1.807, 2.05) is 20.8 Å². The third-order valence-electron chi connectivity index (χ3n) is 0.809. The zero-order valence-electron chi connectivity index (χ0n) is 6.56. The molecule has 0 aliphatic carbocycles. The van der Waals surface area contributed by atoms with Crippen LogP contribution in [0.2, 0.25) is 0 Å². The molecule has 0 spiro atoms. The van der Waals surface area contributed by atoms with E-state index in [9.17, 15) is 4.79 Å². The van der Waals surface area contributed by atoms with E-state index >= 15 is 0 Å². The van der Waals surface area contributed by atoms with Crippen molar-refractivity contribution in [2.45, 2.75) is 32.5 Å². The lowest BCUT2D eigenvalue weighted by molar-refractivity contribution is -0.125. The lowest BCUT2D eigenvalue weighted by Gasteiger charge is -2.22. The van der Waals surface area contributed by atoms with Crippen molar-refractivity contribution in [2.24, 2.45) is 0 Å². The summed E-state index contributed by atoms with van der Waals surface area (Å²) in [6, 6.07) is 0. The molecule has 0 amide bonds. The van der Waals surface area contributed by atoms with Crippen LogP contribution in [-0.2, 0) is 9.53 Å². The Hall–Kier alpha value is -0.0800. The van der Waals surface area contributed by atoms with Crippen LogP contribution in [0.3, 0.4) is 0 Å². The molecule has 10 heavy (non-hydrogen) atoms. The highest BCUT2D eigenvalue weighted by molar-refractivity contribution is 6.19. The Labute approximate surface area is 66.5 Å². The van der Waals surface area contributed by atoms with Gasteiger partial charge in [0.05, 0.1) is 11.5 Å². The first-order valence-corrected chi connectivity index (χ1v) is 3.72. The Morgan fingerprint density at radius 2 is 2.10 bits per heavy atom. The number of aldehydes is 1. The maximum Gasteiger partial charge on any atom is 0.150 e. The molecule has 0 saturated heterocycles. The van der Waals surface area contributed by atoms with Gasteiger partial charge < -0.3 is 9.53 Å². The van der Waals surface area contributed by atoms with E-state index in [4.69, 9.17) is 16.3 Å². The number of carbonyl (C=O) groups is 1. The quantitative estimate of drug-likeness (QED) is 0.468. The Balaban J connectivity index is 3.74. The second-order valence-electron chi connectivity index (χ2n) is 3.06. The van der Waals surface area contributed by atoms with Crippen LogP contribution in [0.1, 0.15) is 20.8 Å². The zero-order valence-corrected chi connectivity index (χ0v) is 7.31.